The van der Waals surface area contributed by atoms with E-state index in [1.54, 1.807) is 0 Å². The van der Waals surface area contributed by atoms with Crippen LogP contribution in [0.1, 0.15) is 11.4 Å². The van der Waals surface area contributed by atoms with Gasteiger partial charge < -0.3 is 10.4 Å². The summed E-state index contributed by atoms with van der Waals surface area (Å²) in [6.45, 7) is -0.582. The molecule has 2 rings (SSSR count). The van der Waals surface area contributed by atoms with E-state index in [4.69, 9.17) is 10.2 Å². The molecule has 2 aromatic rings. The number of halogens is 2. The minimum Gasteiger partial charge on any atom is -0.374 e. The summed E-state index contributed by atoms with van der Waals surface area (Å²) in [7, 11) is -3.83. The molecule has 0 amide bonds. The van der Waals surface area contributed by atoms with E-state index >= 15 is 0 Å². The summed E-state index contributed by atoms with van der Waals surface area (Å²) in [5, 5.41) is 24.2. The maximum atomic E-state index is 13.3. The molecule has 0 bridgehead atoms. The molecule has 10 nitrogen and oxygen atoms in total. The summed E-state index contributed by atoms with van der Waals surface area (Å²) in [5.74, 6) is -0.322. The number of aliphatic hydroxyl groups is 1. The lowest BCUT2D eigenvalue weighted by Gasteiger charge is -2.09. The Morgan fingerprint density at radius 3 is 2.84 bits per heavy atom. The Balaban J connectivity index is 2.19. The van der Waals surface area contributed by atoms with Gasteiger partial charge in [0.1, 0.15) is 18.2 Å². The summed E-state index contributed by atoms with van der Waals surface area (Å²) >= 11 is 3.06. The zero-order valence-electron chi connectivity index (χ0n) is 12.6. The molecule has 13 heteroatoms. The number of hydrogen-bond acceptors (Lipinski definition) is 7. The van der Waals surface area contributed by atoms with E-state index in [2.05, 4.69) is 45.9 Å². The molecular weight excluding hydrogens is 423 g/mol. The van der Waals surface area contributed by atoms with Crippen molar-refractivity contribution < 1.29 is 22.5 Å². The Kier molecular flexibility index (Phi) is 6.55. The van der Waals surface area contributed by atoms with Crippen LogP contribution in [0.15, 0.2) is 32.3 Å². The number of hydrogen-bond donors (Lipinski definition) is 4. The first-order valence-electron chi connectivity index (χ1n) is 6.76. The van der Waals surface area contributed by atoms with Gasteiger partial charge in [0, 0.05) is 18.7 Å². The summed E-state index contributed by atoms with van der Waals surface area (Å²) < 4.78 is 42.1. The summed E-state index contributed by atoms with van der Waals surface area (Å²) in [4.78, 5) is 3.86. The van der Waals surface area contributed by atoms with Crippen LogP contribution < -0.4 is 15.2 Å². The third-order valence-electron chi connectivity index (χ3n) is 2.86. The molecule has 0 spiro atoms. The van der Waals surface area contributed by atoms with Crippen molar-refractivity contribution in [2.24, 2.45) is 10.1 Å². The second kappa shape index (κ2) is 8.44. The number of benzene rings is 1. The van der Waals surface area contributed by atoms with Gasteiger partial charge in [-0.3, -0.25) is 0 Å². The number of aliphatic hydroxyl groups excluding tert-OH is 1. The Bertz CT molecular complexity index is 872. The Morgan fingerprint density at radius 2 is 2.20 bits per heavy atom. The second-order valence-electron chi connectivity index (χ2n) is 4.65. The molecule has 0 unspecified atom stereocenters. The first kappa shape index (κ1) is 19.4. The second-order valence-corrected chi connectivity index (χ2v) is 6.88. The fourth-order valence-electron chi connectivity index (χ4n) is 1.82. The van der Waals surface area contributed by atoms with Crippen molar-refractivity contribution in [3.8, 4) is 0 Å². The predicted molar refractivity (Wildman–Crippen MR) is 90.5 cm³/mol. The van der Waals surface area contributed by atoms with E-state index in [0.717, 1.165) is 0 Å². The fraction of sp³-hybridized carbons (Fsp3) is 0.250. The minimum absolute atomic E-state index is 0.0332. The van der Waals surface area contributed by atoms with E-state index in [9.17, 15) is 12.8 Å². The van der Waals surface area contributed by atoms with Crippen LogP contribution in [-0.2, 0) is 16.6 Å². The monoisotopic (exact) mass is 436 g/mol. The number of nitrogens with two attached hydrogens (primary N) is 1. The van der Waals surface area contributed by atoms with Crippen LogP contribution in [0.4, 0.5) is 10.1 Å². The first-order valence-corrected chi connectivity index (χ1v) is 9.10. The van der Waals surface area contributed by atoms with Gasteiger partial charge >= 0.3 is 0 Å². The lowest BCUT2D eigenvalue weighted by atomic mass is 10.2. The molecule has 0 saturated heterocycles. The predicted octanol–water partition coefficient (Wildman–Crippen LogP) is 0.115. The number of anilines is 1. The van der Waals surface area contributed by atoms with Crippen molar-refractivity contribution >= 4 is 37.7 Å². The number of aromatic nitrogens is 2. The van der Waals surface area contributed by atoms with E-state index < -0.39 is 22.8 Å². The molecule has 0 radical (unpaired) electrons. The van der Waals surface area contributed by atoms with Crippen LogP contribution in [0.5, 0.6) is 0 Å². The van der Waals surface area contributed by atoms with Crippen molar-refractivity contribution in [3.63, 3.8) is 0 Å². The van der Waals surface area contributed by atoms with Crippen molar-refractivity contribution in [3.05, 3.63) is 39.9 Å². The quantitative estimate of drug-likeness (QED) is 0.354. The Morgan fingerprint density at radius 1 is 1.44 bits per heavy atom. The molecule has 1 aromatic carbocycles. The fourth-order valence-corrected chi connectivity index (χ4v) is 2.58. The van der Waals surface area contributed by atoms with Crippen LogP contribution in [0.2, 0.25) is 0 Å². The molecule has 25 heavy (non-hydrogen) atoms. The SMILES string of the molecule is NS(=O)(=O)NCCc1nonc1C(=NCO)Nc1ccc(F)c(Br)c1. The molecular formula is C12H14BrFN6O4S. The van der Waals surface area contributed by atoms with Crippen LogP contribution >= 0.6 is 15.9 Å². The Hall–Kier alpha value is -1.93. The largest absolute Gasteiger partial charge is 0.374 e. The molecule has 5 N–H and O–H groups in total. The summed E-state index contributed by atoms with van der Waals surface area (Å²) in [6.07, 6.45) is 0.120. The lowest BCUT2D eigenvalue weighted by molar-refractivity contribution is 0.301. The van der Waals surface area contributed by atoms with Crippen molar-refractivity contribution in [2.45, 2.75) is 6.42 Å². The summed E-state index contributed by atoms with van der Waals surface area (Å²) in [5.41, 5.74) is 0.930. The standard InChI is InChI=1S/C12H14BrFN6O4S/c13-8-5-7(1-2-9(8)14)18-12(16-6-21)11-10(19-24-20-11)3-4-17-25(15,22)23/h1-2,5,17,21H,3-4,6H2,(H,16,18)(H2,15,22,23). The molecule has 0 aliphatic carbocycles. The molecule has 136 valence electrons. The topological polar surface area (TPSA) is 156 Å². The smallest absolute Gasteiger partial charge is 0.274 e. The van der Waals surface area contributed by atoms with Crippen molar-refractivity contribution in [2.75, 3.05) is 18.6 Å². The van der Waals surface area contributed by atoms with Gasteiger partial charge in [0.05, 0.1) is 4.47 Å². The average Bonchev–Trinajstić information content (AvgIpc) is 2.97. The van der Waals surface area contributed by atoms with Gasteiger partial charge in [-0.15, -0.1) is 0 Å². The molecule has 1 heterocycles. The number of amidine groups is 1. The van der Waals surface area contributed by atoms with Gasteiger partial charge in [-0.1, -0.05) is 5.16 Å². The van der Waals surface area contributed by atoms with Crippen LogP contribution in [0, 0.1) is 5.82 Å². The molecule has 0 aliphatic heterocycles. The Labute approximate surface area is 150 Å². The van der Waals surface area contributed by atoms with Crippen LogP contribution in [-0.4, -0.2) is 42.9 Å². The highest BCUT2D eigenvalue weighted by atomic mass is 79.9. The normalized spacial score (nSPS) is 12.4. The van der Waals surface area contributed by atoms with Gasteiger partial charge in [-0.2, -0.15) is 8.42 Å². The van der Waals surface area contributed by atoms with Gasteiger partial charge in [-0.05, 0) is 39.3 Å². The highest BCUT2D eigenvalue weighted by Gasteiger charge is 2.17. The maximum Gasteiger partial charge on any atom is 0.274 e. The zero-order valence-corrected chi connectivity index (χ0v) is 15.0. The third-order valence-corrected chi connectivity index (χ3v) is 4.07. The molecule has 0 aliphatic rings. The lowest BCUT2D eigenvalue weighted by Crippen LogP contribution is -2.32. The van der Waals surface area contributed by atoms with Gasteiger partial charge in [0.2, 0.25) is 0 Å². The van der Waals surface area contributed by atoms with Gasteiger partial charge in [-0.25, -0.2) is 23.9 Å². The van der Waals surface area contributed by atoms with E-state index in [1.807, 2.05) is 0 Å². The van der Waals surface area contributed by atoms with E-state index in [0.29, 0.717) is 5.69 Å². The maximum absolute atomic E-state index is 13.3. The van der Waals surface area contributed by atoms with Gasteiger partial charge in [0.15, 0.2) is 11.5 Å². The zero-order chi connectivity index (χ0) is 18.4. The highest BCUT2D eigenvalue weighted by Crippen LogP contribution is 2.21. The number of rotatable bonds is 7. The minimum atomic E-state index is -3.83. The highest BCUT2D eigenvalue weighted by molar-refractivity contribution is 9.10. The van der Waals surface area contributed by atoms with Crippen molar-refractivity contribution in [1.82, 2.24) is 15.0 Å². The number of nitrogens with one attached hydrogen (secondary N) is 2. The van der Waals surface area contributed by atoms with Crippen molar-refractivity contribution in [1.29, 1.82) is 0 Å². The third kappa shape index (κ3) is 5.82. The molecule has 0 atom stereocenters. The number of nitrogens with zero attached hydrogens (tertiary/aromatic N) is 3. The number of aliphatic imine (C=N–C) groups is 1. The first-order chi connectivity index (χ1) is 11.8. The average molecular weight is 437 g/mol. The molecule has 0 saturated carbocycles. The molecule has 0 fully saturated rings. The van der Waals surface area contributed by atoms with Crippen LogP contribution in [0.25, 0.3) is 0 Å². The van der Waals surface area contributed by atoms with Gasteiger partial charge in [0.25, 0.3) is 10.2 Å². The van der Waals surface area contributed by atoms with Crippen LogP contribution in [0.3, 0.4) is 0 Å². The summed E-state index contributed by atoms with van der Waals surface area (Å²) in [6, 6.07) is 4.17. The van der Waals surface area contributed by atoms with E-state index in [1.165, 1.54) is 18.2 Å². The molecule has 1 aromatic heterocycles. The van der Waals surface area contributed by atoms with E-state index in [-0.39, 0.29) is 34.7 Å².